The van der Waals surface area contributed by atoms with Crippen molar-refractivity contribution in [2.24, 2.45) is 0 Å². The van der Waals surface area contributed by atoms with E-state index in [1.54, 1.807) is 23.5 Å². The lowest BCUT2D eigenvalue weighted by Crippen LogP contribution is -2.48. The van der Waals surface area contributed by atoms with Gasteiger partial charge in [-0.1, -0.05) is 6.07 Å². The Morgan fingerprint density at radius 3 is 2.96 bits per heavy atom. The van der Waals surface area contributed by atoms with Gasteiger partial charge in [0, 0.05) is 30.1 Å². The van der Waals surface area contributed by atoms with Crippen LogP contribution in [0.25, 0.3) is 11.3 Å². The Hall–Kier alpha value is -2.67. The van der Waals surface area contributed by atoms with Crippen LogP contribution in [-0.2, 0) is 11.2 Å². The van der Waals surface area contributed by atoms with Crippen LogP contribution in [0, 0.1) is 5.82 Å². The highest BCUT2D eigenvalue weighted by molar-refractivity contribution is 7.10. The first kappa shape index (κ1) is 17.7. The molecule has 3 heterocycles. The second-order valence-electron chi connectivity index (χ2n) is 6.76. The molecule has 1 atom stereocenters. The Balaban J connectivity index is 1.38. The van der Waals surface area contributed by atoms with E-state index in [4.69, 9.17) is 0 Å². The molecule has 4 rings (SSSR count). The Morgan fingerprint density at radius 1 is 1.33 bits per heavy atom. The van der Waals surface area contributed by atoms with E-state index < -0.39 is 0 Å². The van der Waals surface area contributed by atoms with Gasteiger partial charge in [-0.2, -0.15) is 5.10 Å². The van der Waals surface area contributed by atoms with Gasteiger partial charge in [-0.25, -0.2) is 4.39 Å². The molecule has 5 nitrogen and oxygen atoms in total. The average molecular weight is 384 g/mol. The van der Waals surface area contributed by atoms with Crippen molar-refractivity contribution in [3.8, 4) is 11.3 Å². The van der Waals surface area contributed by atoms with Crippen LogP contribution in [0.1, 0.15) is 17.7 Å². The number of rotatable bonds is 5. The predicted octanol–water partition coefficient (Wildman–Crippen LogP) is 3.61. The van der Waals surface area contributed by atoms with E-state index in [1.165, 1.54) is 12.1 Å². The Kier molecular flexibility index (Phi) is 5.20. The largest absolute Gasteiger partial charge is 0.353 e. The van der Waals surface area contributed by atoms with Crippen molar-refractivity contribution in [3.63, 3.8) is 0 Å². The highest BCUT2D eigenvalue weighted by Gasteiger charge is 2.23. The van der Waals surface area contributed by atoms with Crippen LogP contribution in [0.4, 0.5) is 10.2 Å². The molecule has 1 fully saturated rings. The Bertz CT molecular complexity index is 891. The molecule has 3 aromatic rings. The van der Waals surface area contributed by atoms with Gasteiger partial charge >= 0.3 is 0 Å². The van der Waals surface area contributed by atoms with Gasteiger partial charge in [0.25, 0.3) is 0 Å². The van der Waals surface area contributed by atoms with Crippen LogP contribution in [0.15, 0.2) is 47.8 Å². The van der Waals surface area contributed by atoms with E-state index in [1.807, 2.05) is 23.6 Å². The third-order valence-electron chi connectivity index (χ3n) is 4.74. The molecule has 1 amide bonds. The van der Waals surface area contributed by atoms with Gasteiger partial charge in [0.1, 0.15) is 5.82 Å². The van der Waals surface area contributed by atoms with Crippen molar-refractivity contribution in [1.82, 2.24) is 15.5 Å². The molecule has 0 saturated carbocycles. The van der Waals surface area contributed by atoms with Gasteiger partial charge in [0.15, 0.2) is 5.82 Å². The number of H-pyrrole nitrogens is 1. The quantitative estimate of drug-likeness (QED) is 0.707. The third-order valence-corrected chi connectivity index (χ3v) is 5.62. The number of carbonyl (C=O) groups is 1. The number of aromatic amines is 1. The number of nitrogens with one attached hydrogen (secondary N) is 2. The molecule has 27 heavy (non-hydrogen) atoms. The number of hydrogen-bond acceptors (Lipinski definition) is 4. The zero-order valence-electron chi connectivity index (χ0n) is 14.8. The fraction of sp³-hybridized carbons (Fsp3) is 0.300. The fourth-order valence-corrected chi connectivity index (χ4v) is 4.11. The monoisotopic (exact) mass is 384 g/mol. The highest BCUT2D eigenvalue weighted by Crippen LogP contribution is 2.24. The number of benzene rings is 1. The molecule has 0 spiro atoms. The maximum Gasteiger partial charge on any atom is 0.225 e. The number of anilines is 1. The van der Waals surface area contributed by atoms with Crippen LogP contribution in [0.3, 0.4) is 0 Å². The van der Waals surface area contributed by atoms with Crippen LogP contribution >= 0.6 is 11.3 Å². The maximum absolute atomic E-state index is 13.1. The summed E-state index contributed by atoms with van der Waals surface area (Å²) in [5.41, 5.74) is 1.75. The van der Waals surface area contributed by atoms with Gasteiger partial charge < -0.3 is 10.2 Å². The van der Waals surface area contributed by atoms with E-state index >= 15 is 0 Å². The van der Waals surface area contributed by atoms with E-state index in [9.17, 15) is 9.18 Å². The molecule has 0 radical (unpaired) electrons. The average Bonchev–Trinajstić information content (AvgIpc) is 3.34. The molecule has 0 aliphatic carbocycles. The zero-order valence-corrected chi connectivity index (χ0v) is 15.6. The maximum atomic E-state index is 13.1. The fourth-order valence-electron chi connectivity index (χ4n) is 3.40. The van der Waals surface area contributed by atoms with Crippen molar-refractivity contribution < 1.29 is 9.18 Å². The number of piperidine rings is 1. The number of hydrogen-bond donors (Lipinski definition) is 2. The summed E-state index contributed by atoms with van der Waals surface area (Å²) in [5.74, 6) is 0.667. The van der Waals surface area contributed by atoms with E-state index in [0.29, 0.717) is 6.42 Å². The van der Waals surface area contributed by atoms with Crippen molar-refractivity contribution in [2.45, 2.75) is 25.3 Å². The lowest BCUT2D eigenvalue weighted by molar-refractivity contribution is -0.121. The van der Waals surface area contributed by atoms with Crippen molar-refractivity contribution >= 4 is 23.1 Å². The van der Waals surface area contributed by atoms with Gasteiger partial charge in [-0.15, -0.1) is 11.3 Å². The number of thiophene rings is 1. The van der Waals surface area contributed by atoms with Gasteiger partial charge in [0.05, 0.1) is 12.1 Å². The van der Waals surface area contributed by atoms with E-state index in [0.717, 1.165) is 47.9 Å². The smallest absolute Gasteiger partial charge is 0.225 e. The molecule has 140 valence electrons. The predicted molar refractivity (Wildman–Crippen MR) is 105 cm³/mol. The summed E-state index contributed by atoms with van der Waals surface area (Å²) in [4.78, 5) is 15.5. The molecule has 2 N–H and O–H groups in total. The summed E-state index contributed by atoms with van der Waals surface area (Å²) in [6.45, 7) is 1.65. The molecule has 1 unspecified atom stereocenters. The standard InChI is InChI=1S/C20H21FN4OS/c21-15-7-5-14(6-8-15)18-12-19(24-23-18)25-9-1-3-16(13-25)22-20(26)11-17-4-2-10-27-17/h2,4-8,10,12,16H,1,3,9,11,13H2,(H,22,26)(H,23,24). The van der Waals surface area contributed by atoms with Crippen molar-refractivity contribution in [1.29, 1.82) is 0 Å². The molecular weight excluding hydrogens is 363 g/mol. The number of amides is 1. The normalized spacial score (nSPS) is 17.1. The molecule has 1 aliphatic rings. The topological polar surface area (TPSA) is 61.0 Å². The first-order valence-corrected chi connectivity index (χ1v) is 9.93. The second-order valence-corrected chi connectivity index (χ2v) is 7.79. The summed E-state index contributed by atoms with van der Waals surface area (Å²) in [7, 11) is 0. The van der Waals surface area contributed by atoms with Gasteiger partial charge in [0.2, 0.25) is 5.91 Å². The van der Waals surface area contributed by atoms with Crippen molar-refractivity contribution in [2.75, 3.05) is 18.0 Å². The highest BCUT2D eigenvalue weighted by atomic mass is 32.1. The lowest BCUT2D eigenvalue weighted by atomic mass is 10.1. The van der Waals surface area contributed by atoms with Crippen LogP contribution in [0.2, 0.25) is 0 Å². The Morgan fingerprint density at radius 2 is 2.19 bits per heavy atom. The number of carbonyl (C=O) groups excluding carboxylic acids is 1. The summed E-state index contributed by atoms with van der Waals surface area (Å²) in [6, 6.07) is 12.4. The number of halogens is 1. The molecule has 7 heteroatoms. The lowest BCUT2D eigenvalue weighted by Gasteiger charge is -2.33. The summed E-state index contributed by atoms with van der Waals surface area (Å²) in [5, 5.41) is 12.6. The van der Waals surface area contributed by atoms with Gasteiger partial charge in [-0.3, -0.25) is 9.89 Å². The van der Waals surface area contributed by atoms with Crippen LogP contribution < -0.4 is 10.2 Å². The van der Waals surface area contributed by atoms with E-state index in [-0.39, 0.29) is 17.8 Å². The molecule has 1 aliphatic heterocycles. The van der Waals surface area contributed by atoms with Crippen LogP contribution in [-0.4, -0.2) is 35.2 Å². The van der Waals surface area contributed by atoms with E-state index in [2.05, 4.69) is 20.4 Å². The summed E-state index contributed by atoms with van der Waals surface area (Å²) < 4.78 is 13.1. The van der Waals surface area contributed by atoms with Crippen LogP contribution in [0.5, 0.6) is 0 Å². The minimum Gasteiger partial charge on any atom is -0.353 e. The van der Waals surface area contributed by atoms with Gasteiger partial charge in [-0.05, 0) is 54.1 Å². The Labute approximate surface area is 161 Å². The second kappa shape index (κ2) is 7.92. The SMILES string of the molecule is O=C(Cc1cccs1)NC1CCCN(c2cc(-c3ccc(F)cc3)[nH]n2)C1. The first-order valence-electron chi connectivity index (χ1n) is 9.05. The minimum atomic E-state index is -0.254. The molecule has 2 aromatic heterocycles. The molecule has 1 aromatic carbocycles. The molecule has 1 saturated heterocycles. The molecular formula is C20H21FN4OS. The van der Waals surface area contributed by atoms with Crippen molar-refractivity contribution in [3.05, 3.63) is 58.5 Å². The minimum absolute atomic E-state index is 0.0679. The summed E-state index contributed by atoms with van der Waals surface area (Å²) >= 11 is 1.60. The number of nitrogens with zero attached hydrogens (tertiary/aromatic N) is 2. The summed E-state index contributed by atoms with van der Waals surface area (Å²) in [6.07, 6.45) is 2.41. The molecule has 0 bridgehead atoms. The third kappa shape index (κ3) is 4.36. The zero-order chi connectivity index (χ0) is 18.6. The number of aromatic nitrogens is 2. The first-order chi connectivity index (χ1) is 13.2.